The fourth-order valence-electron chi connectivity index (χ4n) is 1.38. The molecule has 0 aliphatic carbocycles. The highest BCUT2D eigenvalue weighted by Gasteiger charge is 2.48. The predicted molar refractivity (Wildman–Crippen MR) is 39.1 cm³/mol. The molecule has 2 heterocycles. The molecule has 2 saturated heterocycles. The Morgan fingerprint density at radius 2 is 1.82 bits per heavy atom. The van der Waals surface area contributed by atoms with Gasteiger partial charge in [0.25, 0.3) is 0 Å². The molecule has 0 aromatic carbocycles. The summed E-state index contributed by atoms with van der Waals surface area (Å²) in [7, 11) is 0. The summed E-state index contributed by atoms with van der Waals surface area (Å²) in [6, 6.07) is 0. The minimum Gasteiger partial charge on any atom is -0.389 e. The molecule has 5 atom stereocenters. The maximum Gasteiger partial charge on any atom is 0.132 e. The SMILES string of the molecule is O[C@H]1[C@@H](O)[C@@H]2CO[C@@H](S2)[C@@H]1O. The summed E-state index contributed by atoms with van der Waals surface area (Å²) in [4.78, 5) is 0. The van der Waals surface area contributed by atoms with Crippen LogP contribution in [0.5, 0.6) is 0 Å². The van der Waals surface area contributed by atoms with Crippen LogP contribution in [0.1, 0.15) is 0 Å². The van der Waals surface area contributed by atoms with E-state index in [4.69, 9.17) is 4.74 Å². The summed E-state index contributed by atoms with van der Waals surface area (Å²) in [5, 5.41) is 27.8. The number of thioether (sulfide) groups is 1. The number of ether oxygens (including phenoxy) is 1. The largest absolute Gasteiger partial charge is 0.389 e. The summed E-state index contributed by atoms with van der Waals surface area (Å²) in [5.74, 6) is 0. The quantitative estimate of drug-likeness (QED) is 0.423. The van der Waals surface area contributed by atoms with Gasteiger partial charge in [-0.1, -0.05) is 0 Å². The van der Waals surface area contributed by atoms with E-state index in [0.717, 1.165) is 0 Å². The summed E-state index contributed by atoms with van der Waals surface area (Å²) in [5.41, 5.74) is -0.349. The van der Waals surface area contributed by atoms with Gasteiger partial charge in [0.05, 0.1) is 18.0 Å². The van der Waals surface area contributed by atoms with Crippen LogP contribution in [0, 0.1) is 0 Å². The zero-order valence-corrected chi connectivity index (χ0v) is 6.57. The molecule has 2 bridgehead atoms. The first-order chi connectivity index (χ1) is 5.20. The van der Waals surface area contributed by atoms with Crippen molar-refractivity contribution in [2.75, 3.05) is 6.61 Å². The van der Waals surface area contributed by atoms with Crippen molar-refractivity contribution in [2.24, 2.45) is 0 Å². The van der Waals surface area contributed by atoms with Crippen molar-refractivity contribution in [2.45, 2.75) is 29.0 Å². The molecule has 0 spiro atoms. The van der Waals surface area contributed by atoms with Gasteiger partial charge >= 0.3 is 0 Å². The average Bonchev–Trinajstić information content (AvgIpc) is 2.44. The highest BCUT2D eigenvalue weighted by Crippen LogP contribution is 2.38. The predicted octanol–water partition coefficient (Wildman–Crippen LogP) is -1.46. The van der Waals surface area contributed by atoms with E-state index in [1.165, 1.54) is 11.8 Å². The fourth-order valence-corrected chi connectivity index (χ4v) is 2.68. The van der Waals surface area contributed by atoms with Crippen LogP contribution in [0.25, 0.3) is 0 Å². The highest BCUT2D eigenvalue weighted by molar-refractivity contribution is 8.00. The Kier molecular flexibility index (Phi) is 1.85. The number of hydrogen-bond acceptors (Lipinski definition) is 5. The molecule has 0 aromatic heterocycles. The van der Waals surface area contributed by atoms with Gasteiger partial charge in [0, 0.05) is 0 Å². The Balaban J connectivity index is 2.16. The lowest BCUT2D eigenvalue weighted by Gasteiger charge is -2.31. The molecule has 2 aliphatic heterocycles. The zero-order valence-electron chi connectivity index (χ0n) is 5.75. The van der Waals surface area contributed by atoms with Crippen LogP contribution in [0.15, 0.2) is 0 Å². The smallest absolute Gasteiger partial charge is 0.132 e. The van der Waals surface area contributed by atoms with Gasteiger partial charge in [-0.15, -0.1) is 11.8 Å². The van der Waals surface area contributed by atoms with Gasteiger partial charge in [0.15, 0.2) is 0 Å². The topological polar surface area (TPSA) is 69.9 Å². The molecule has 4 nitrogen and oxygen atoms in total. The van der Waals surface area contributed by atoms with Crippen LogP contribution in [0.3, 0.4) is 0 Å². The summed E-state index contributed by atoms with van der Waals surface area (Å²) >= 11 is 1.39. The molecular weight excluding hydrogens is 168 g/mol. The van der Waals surface area contributed by atoms with Crippen molar-refractivity contribution in [1.29, 1.82) is 0 Å². The minimum atomic E-state index is -1.05. The Morgan fingerprint density at radius 1 is 1.09 bits per heavy atom. The Morgan fingerprint density at radius 3 is 2.55 bits per heavy atom. The molecule has 11 heavy (non-hydrogen) atoms. The molecule has 0 unspecified atom stereocenters. The van der Waals surface area contributed by atoms with Crippen molar-refractivity contribution in [3.8, 4) is 0 Å². The minimum absolute atomic E-state index is 0.0709. The molecule has 0 saturated carbocycles. The van der Waals surface area contributed by atoms with E-state index in [-0.39, 0.29) is 10.7 Å². The van der Waals surface area contributed by atoms with E-state index < -0.39 is 18.3 Å². The second-order valence-corrected chi connectivity index (χ2v) is 4.19. The molecule has 2 fully saturated rings. The van der Waals surface area contributed by atoms with Gasteiger partial charge in [0.1, 0.15) is 17.6 Å². The lowest BCUT2D eigenvalue weighted by molar-refractivity contribution is -0.0736. The van der Waals surface area contributed by atoms with Crippen molar-refractivity contribution < 1.29 is 20.1 Å². The van der Waals surface area contributed by atoms with Crippen LogP contribution >= 0.6 is 11.8 Å². The molecule has 0 radical (unpaired) electrons. The van der Waals surface area contributed by atoms with E-state index in [9.17, 15) is 15.3 Å². The molecule has 2 aliphatic rings. The van der Waals surface area contributed by atoms with Crippen LogP contribution in [0.4, 0.5) is 0 Å². The van der Waals surface area contributed by atoms with Crippen LogP contribution in [-0.2, 0) is 4.74 Å². The lowest BCUT2D eigenvalue weighted by atomic mass is 10.1. The Labute approximate surface area is 68.2 Å². The van der Waals surface area contributed by atoms with E-state index in [1.54, 1.807) is 0 Å². The average molecular weight is 178 g/mol. The van der Waals surface area contributed by atoms with Gasteiger partial charge in [-0.05, 0) is 0 Å². The fraction of sp³-hybridized carbons (Fsp3) is 1.00. The van der Waals surface area contributed by atoms with Gasteiger partial charge < -0.3 is 20.1 Å². The first-order valence-electron chi connectivity index (χ1n) is 3.51. The highest BCUT2D eigenvalue weighted by atomic mass is 32.2. The molecule has 2 rings (SSSR count). The van der Waals surface area contributed by atoms with E-state index >= 15 is 0 Å². The zero-order chi connectivity index (χ0) is 8.01. The van der Waals surface area contributed by atoms with Crippen molar-refractivity contribution in [1.82, 2.24) is 0 Å². The van der Waals surface area contributed by atoms with Crippen LogP contribution in [0.2, 0.25) is 0 Å². The molecule has 5 heteroatoms. The molecule has 0 aromatic rings. The normalized spacial score (nSPS) is 56.5. The second-order valence-electron chi connectivity index (χ2n) is 2.85. The van der Waals surface area contributed by atoms with E-state index in [2.05, 4.69) is 0 Å². The maximum atomic E-state index is 9.32. The number of hydrogen-bond donors (Lipinski definition) is 3. The lowest BCUT2D eigenvalue weighted by Crippen LogP contribution is -2.49. The van der Waals surface area contributed by atoms with Crippen molar-refractivity contribution in [3.63, 3.8) is 0 Å². The summed E-state index contributed by atoms with van der Waals surface area (Å²) in [6.45, 7) is 0.421. The number of rotatable bonds is 0. The maximum absolute atomic E-state index is 9.32. The first kappa shape index (κ1) is 7.82. The van der Waals surface area contributed by atoms with Gasteiger partial charge in [-0.25, -0.2) is 0 Å². The van der Waals surface area contributed by atoms with E-state index in [0.29, 0.717) is 6.61 Å². The number of aliphatic hydroxyl groups is 3. The molecule has 3 N–H and O–H groups in total. The summed E-state index contributed by atoms with van der Waals surface area (Å²) < 4.78 is 5.12. The Hall–Kier alpha value is 0.190. The number of aliphatic hydroxyl groups excluding tert-OH is 3. The van der Waals surface area contributed by atoms with Crippen molar-refractivity contribution >= 4 is 11.8 Å². The molecular formula is C6H10O4S. The number of fused-ring (bicyclic) bond motifs is 2. The van der Waals surface area contributed by atoms with E-state index in [1.807, 2.05) is 0 Å². The third-order valence-corrected chi connectivity index (χ3v) is 3.54. The first-order valence-corrected chi connectivity index (χ1v) is 4.45. The van der Waals surface area contributed by atoms with Gasteiger partial charge in [-0.3, -0.25) is 0 Å². The third-order valence-electron chi connectivity index (χ3n) is 2.09. The third kappa shape index (κ3) is 1.08. The van der Waals surface area contributed by atoms with Crippen molar-refractivity contribution in [3.05, 3.63) is 0 Å². The molecule has 64 valence electrons. The van der Waals surface area contributed by atoms with Gasteiger partial charge in [-0.2, -0.15) is 0 Å². The van der Waals surface area contributed by atoms with Crippen LogP contribution in [-0.4, -0.2) is 50.9 Å². The Bertz CT molecular complexity index is 145. The standard InChI is InChI=1S/C6H10O4S/c7-3-2-1-10-6(11-2)5(9)4(3)8/h2-9H,1H2/t2-,3-,4-,5+,6-/m0/s1. The van der Waals surface area contributed by atoms with Crippen LogP contribution < -0.4 is 0 Å². The van der Waals surface area contributed by atoms with Gasteiger partial charge in [0.2, 0.25) is 0 Å². The second kappa shape index (κ2) is 2.60. The molecule has 0 amide bonds. The monoisotopic (exact) mass is 178 g/mol. The summed E-state index contributed by atoms with van der Waals surface area (Å²) in [6.07, 6.45) is -2.85.